The number of halogens is 3. The van der Waals surface area contributed by atoms with Crippen molar-refractivity contribution in [3.05, 3.63) is 65.0 Å². The number of benzene rings is 2. The van der Waals surface area contributed by atoms with Crippen LogP contribution in [0.3, 0.4) is 0 Å². The Morgan fingerprint density at radius 3 is 2.31 bits per heavy atom. The molecule has 0 bridgehead atoms. The van der Waals surface area contributed by atoms with Gasteiger partial charge in [-0.05, 0) is 63.2 Å². The van der Waals surface area contributed by atoms with Gasteiger partial charge in [-0.3, -0.25) is 9.48 Å². The molecule has 2 aromatic carbocycles. The van der Waals surface area contributed by atoms with E-state index in [-0.39, 0.29) is 17.9 Å². The van der Waals surface area contributed by atoms with Crippen molar-refractivity contribution in [1.29, 1.82) is 0 Å². The average Bonchev–Trinajstić information content (AvgIpc) is 2.96. The first-order chi connectivity index (χ1) is 15.1. The molecule has 1 heterocycles. The molecule has 0 radical (unpaired) electrons. The van der Waals surface area contributed by atoms with Crippen molar-refractivity contribution in [2.75, 3.05) is 11.9 Å². The number of hydrogen-bond donors (Lipinski definition) is 1. The van der Waals surface area contributed by atoms with Crippen molar-refractivity contribution in [2.45, 2.75) is 33.4 Å². The maximum absolute atomic E-state index is 13.3. The minimum Gasteiger partial charge on any atom is -0.494 e. The summed E-state index contributed by atoms with van der Waals surface area (Å²) in [5.41, 5.74) is 1.27. The summed E-state index contributed by atoms with van der Waals surface area (Å²) in [6.07, 6.45) is -4.59. The third kappa shape index (κ3) is 5.40. The van der Waals surface area contributed by atoms with Crippen LogP contribution in [0.25, 0.3) is 0 Å². The highest BCUT2D eigenvalue weighted by Gasteiger charge is 2.31. The zero-order valence-electron chi connectivity index (χ0n) is 18.2. The SMILES string of the molecule is CCOc1ccc(Oc2ccc(C(F)(F)F)cc2NC(=O)Cc2c(C)nn(C)c2C)cc1. The summed E-state index contributed by atoms with van der Waals surface area (Å²) in [4.78, 5) is 12.7. The van der Waals surface area contributed by atoms with Gasteiger partial charge in [0.15, 0.2) is 5.75 Å². The third-order valence-electron chi connectivity index (χ3n) is 4.94. The second-order valence-electron chi connectivity index (χ2n) is 7.21. The molecule has 32 heavy (non-hydrogen) atoms. The summed E-state index contributed by atoms with van der Waals surface area (Å²) in [6.45, 7) is 5.97. The van der Waals surface area contributed by atoms with E-state index in [2.05, 4.69) is 10.4 Å². The minimum absolute atomic E-state index is 0.0236. The van der Waals surface area contributed by atoms with Gasteiger partial charge in [0, 0.05) is 18.3 Å². The predicted octanol–water partition coefficient (Wildman–Crippen LogP) is 5.43. The Hall–Kier alpha value is -3.49. The van der Waals surface area contributed by atoms with Crippen LogP contribution in [0.4, 0.5) is 18.9 Å². The van der Waals surface area contributed by atoms with E-state index >= 15 is 0 Å². The minimum atomic E-state index is -4.56. The molecule has 0 saturated heterocycles. The number of nitrogens with one attached hydrogen (secondary N) is 1. The lowest BCUT2D eigenvalue weighted by Gasteiger charge is -2.15. The van der Waals surface area contributed by atoms with Gasteiger partial charge in [0.2, 0.25) is 5.91 Å². The second-order valence-corrected chi connectivity index (χ2v) is 7.21. The van der Waals surface area contributed by atoms with Crippen molar-refractivity contribution >= 4 is 11.6 Å². The van der Waals surface area contributed by atoms with Gasteiger partial charge < -0.3 is 14.8 Å². The molecule has 0 aliphatic rings. The summed E-state index contributed by atoms with van der Waals surface area (Å²) in [5.74, 6) is 0.654. The fourth-order valence-corrected chi connectivity index (χ4v) is 3.22. The number of rotatable bonds is 7. The number of hydrogen-bond acceptors (Lipinski definition) is 4. The Morgan fingerprint density at radius 1 is 1.09 bits per heavy atom. The number of anilines is 1. The number of ether oxygens (including phenoxy) is 2. The Balaban J connectivity index is 1.86. The monoisotopic (exact) mass is 447 g/mol. The summed E-state index contributed by atoms with van der Waals surface area (Å²) < 4.78 is 52.6. The molecule has 170 valence electrons. The summed E-state index contributed by atoms with van der Waals surface area (Å²) in [7, 11) is 1.76. The summed E-state index contributed by atoms with van der Waals surface area (Å²) in [5, 5.41) is 6.83. The smallest absolute Gasteiger partial charge is 0.416 e. The molecule has 0 saturated carbocycles. The van der Waals surface area contributed by atoms with E-state index in [0.29, 0.717) is 23.8 Å². The topological polar surface area (TPSA) is 65.4 Å². The number of aromatic nitrogens is 2. The second kappa shape index (κ2) is 9.33. The molecule has 0 unspecified atom stereocenters. The molecule has 6 nitrogen and oxygen atoms in total. The lowest BCUT2D eigenvalue weighted by atomic mass is 10.1. The standard InChI is InChI=1S/C23H24F3N3O3/c1-5-31-17-7-9-18(10-8-17)32-21-11-6-16(23(24,25)26)12-20(21)27-22(30)13-19-14(2)28-29(4)15(19)3/h6-12H,5,13H2,1-4H3,(H,27,30). The van der Waals surface area contributed by atoms with Crippen LogP contribution >= 0.6 is 0 Å². The Kier molecular flexibility index (Phi) is 6.76. The highest BCUT2D eigenvalue weighted by Crippen LogP contribution is 2.37. The van der Waals surface area contributed by atoms with Crippen LogP contribution in [-0.4, -0.2) is 22.3 Å². The number of nitrogens with zero attached hydrogens (tertiary/aromatic N) is 2. The highest BCUT2D eigenvalue weighted by atomic mass is 19.4. The molecular formula is C23H24F3N3O3. The van der Waals surface area contributed by atoms with Crippen LogP contribution in [0.1, 0.15) is 29.4 Å². The fourth-order valence-electron chi connectivity index (χ4n) is 3.22. The normalized spacial score (nSPS) is 11.3. The molecule has 1 amide bonds. The number of carbonyl (C=O) groups excluding carboxylic acids is 1. The molecule has 0 aliphatic heterocycles. The molecule has 3 rings (SSSR count). The molecule has 3 aromatic rings. The Labute approximate surface area is 184 Å². The Morgan fingerprint density at radius 2 is 1.75 bits per heavy atom. The van der Waals surface area contributed by atoms with Crippen molar-refractivity contribution in [3.8, 4) is 17.2 Å². The van der Waals surface area contributed by atoms with E-state index in [4.69, 9.17) is 9.47 Å². The zero-order chi connectivity index (χ0) is 23.5. The first-order valence-electron chi connectivity index (χ1n) is 9.99. The van der Waals surface area contributed by atoms with Gasteiger partial charge in [-0.25, -0.2) is 0 Å². The summed E-state index contributed by atoms with van der Waals surface area (Å²) in [6, 6.07) is 9.62. The van der Waals surface area contributed by atoms with Crippen LogP contribution in [0.5, 0.6) is 17.2 Å². The van der Waals surface area contributed by atoms with Crippen molar-refractivity contribution in [1.82, 2.24) is 9.78 Å². The van der Waals surface area contributed by atoms with Crippen molar-refractivity contribution in [2.24, 2.45) is 7.05 Å². The lowest BCUT2D eigenvalue weighted by molar-refractivity contribution is -0.137. The molecule has 0 aliphatic carbocycles. The largest absolute Gasteiger partial charge is 0.494 e. The average molecular weight is 447 g/mol. The first kappa shape index (κ1) is 23.2. The first-order valence-corrected chi connectivity index (χ1v) is 9.99. The van der Waals surface area contributed by atoms with Crippen molar-refractivity contribution in [3.63, 3.8) is 0 Å². The van der Waals surface area contributed by atoms with Crippen LogP contribution in [0.2, 0.25) is 0 Å². The van der Waals surface area contributed by atoms with E-state index < -0.39 is 17.6 Å². The highest BCUT2D eigenvalue weighted by molar-refractivity contribution is 5.94. The quantitative estimate of drug-likeness (QED) is 0.525. The number of alkyl halides is 3. The molecule has 9 heteroatoms. The maximum Gasteiger partial charge on any atom is 0.416 e. The molecule has 0 spiro atoms. The number of carbonyl (C=O) groups is 1. The van der Waals surface area contributed by atoms with Gasteiger partial charge in [-0.1, -0.05) is 0 Å². The van der Waals surface area contributed by atoms with Crippen LogP contribution in [0.15, 0.2) is 42.5 Å². The Bertz CT molecular complexity index is 1110. The van der Waals surface area contributed by atoms with Crippen molar-refractivity contribution < 1.29 is 27.4 Å². The zero-order valence-corrected chi connectivity index (χ0v) is 18.2. The van der Waals surface area contributed by atoms with Gasteiger partial charge in [-0.15, -0.1) is 0 Å². The number of amides is 1. The fraction of sp³-hybridized carbons (Fsp3) is 0.304. The third-order valence-corrected chi connectivity index (χ3v) is 4.94. The lowest BCUT2D eigenvalue weighted by Crippen LogP contribution is -2.17. The van der Waals surface area contributed by atoms with Gasteiger partial charge in [0.05, 0.1) is 30.0 Å². The molecule has 0 fully saturated rings. The predicted molar refractivity (Wildman–Crippen MR) is 114 cm³/mol. The van der Waals surface area contributed by atoms with E-state index in [1.54, 1.807) is 42.9 Å². The maximum atomic E-state index is 13.3. The van der Waals surface area contributed by atoms with Crippen LogP contribution in [0, 0.1) is 13.8 Å². The van der Waals surface area contributed by atoms with Gasteiger partial charge in [0.25, 0.3) is 0 Å². The molecular weight excluding hydrogens is 423 g/mol. The van der Waals surface area contributed by atoms with Gasteiger partial charge in [-0.2, -0.15) is 18.3 Å². The van der Waals surface area contributed by atoms with Gasteiger partial charge in [0.1, 0.15) is 11.5 Å². The van der Waals surface area contributed by atoms with E-state index in [1.807, 2.05) is 13.8 Å². The summed E-state index contributed by atoms with van der Waals surface area (Å²) >= 11 is 0. The van der Waals surface area contributed by atoms with E-state index in [9.17, 15) is 18.0 Å². The molecule has 1 N–H and O–H groups in total. The number of aryl methyl sites for hydroxylation is 2. The van der Waals surface area contributed by atoms with Gasteiger partial charge >= 0.3 is 6.18 Å². The van der Waals surface area contributed by atoms with Crippen LogP contribution in [-0.2, 0) is 24.4 Å². The molecule has 0 atom stereocenters. The van der Waals surface area contributed by atoms with E-state index in [0.717, 1.165) is 23.4 Å². The van der Waals surface area contributed by atoms with Crippen LogP contribution < -0.4 is 14.8 Å². The molecule has 1 aromatic heterocycles. The van der Waals surface area contributed by atoms with E-state index in [1.165, 1.54) is 6.07 Å².